The third kappa shape index (κ3) is 4.08. The molecule has 2 N–H and O–H groups in total. The summed E-state index contributed by atoms with van der Waals surface area (Å²) in [6, 6.07) is 19.0. The van der Waals surface area contributed by atoms with Crippen LogP contribution in [0.3, 0.4) is 0 Å². The van der Waals surface area contributed by atoms with E-state index in [0.717, 1.165) is 27.7 Å². The fourth-order valence-electron chi connectivity index (χ4n) is 3.66. The number of hydrogen-bond acceptors (Lipinski definition) is 6. The minimum absolute atomic E-state index is 0.0853. The Labute approximate surface area is 192 Å². The number of rotatable bonds is 5. The quantitative estimate of drug-likeness (QED) is 0.276. The van der Waals surface area contributed by atoms with Gasteiger partial charge in [-0.05, 0) is 49.4 Å². The minimum atomic E-state index is -0.335. The van der Waals surface area contributed by atoms with Gasteiger partial charge in [-0.1, -0.05) is 29.8 Å². The van der Waals surface area contributed by atoms with Crippen molar-refractivity contribution in [2.45, 2.75) is 13.5 Å². The Morgan fingerprint density at radius 3 is 2.58 bits per heavy atom. The third-order valence-electron chi connectivity index (χ3n) is 5.34. The van der Waals surface area contributed by atoms with Gasteiger partial charge in [-0.2, -0.15) is 0 Å². The van der Waals surface area contributed by atoms with E-state index in [9.17, 15) is 14.6 Å². The van der Waals surface area contributed by atoms with E-state index in [2.05, 4.69) is 15.2 Å². The van der Waals surface area contributed by atoms with Gasteiger partial charge in [-0.3, -0.25) is 0 Å². The average molecular weight is 459 g/mol. The summed E-state index contributed by atoms with van der Waals surface area (Å²) in [5, 5.41) is 32.0. The fourth-order valence-corrected chi connectivity index (χ4v) is 4.31. The van der Waals surface area contributed by atoms with Crippen molar-refractivity contribution in [3.05, 3.63) is 89.1 Å². The first-order valence-corrected chi connectivity index (χ1v) is 11.1. The van der Waals surface area contributed by atoms with E-state index in [4.69, 9.17) is 0 Å². The summed E-state index contributed by atoms with van der Waals surface area (Å²) in [5.41, 5.74) is 4.09. The molecule has 2 aromatic heterocycles. The predicted molar refractivity (Wildman–Crippen MR) is 127 cm³/mol. The third-order valence-corrected chi connectivity index (χ3v) is 6.07. The number of thiazole rings is 1. The second kappa shape index (κ2) is 8.48. The average Bonchev–Trinajstić information content (AvgIpc) is 3.37. The van der Waals surface area contributed by atoms with E-state index in [1.165, 1.54) is 17.4 Å². The minimum Gasteiger partial charge on any atom is -0.508 e. The van der Waals surface area contributed by atoms with E-state index < -0.39 is 0 Å². The van der Waals surface area contributed by atoms with E-state index in [0.29, 0.717) is 16.4 Å². The number of aromatic hydroxyl groups is 2. The number of phenols is 1. The highest BCUT2D eigenvalue weighted by molar-refractivity contribution is 7.13. The van der Waals surface area contributed by atoms with Crippen LogP contribution in [0.2, 0.25) is 0 Å². The number of benzene rings is 3. The molecule has 8 heteroatoms. The van der Waals surface area contributed by atoms with Crippen LogP contribution >= 0.6 is 11.3 Å². The molecule has 0 aliphatic carbocycles. The molecular formula is C25H19FN4O2S. The van der Waals surface area contributed by atoms with Gasteiger partial charge in [0.25, 0.3) is 0 Å². The monoisotopic (exact) mass is 458 g/mol. The molecule has 0 bridgehead atoms. The van der Waals surface area contributed by atoms with Crippen molar-refractivity contribution in [1.29, 1.82) is 0 Å². The molecule has 6 nitrogen and oxygen atoms in total. The molecule has 0 fully saturated rings. The first-order valence-electron chi connectivity index (χ1n) is 10.2. The molecule has 0 unspecified atom stereocenters. The van der Waals surface area contributed by atoms with Crippen LogP contribution in [-0.4, -0.2) is 19.8 Å². The summed E-state index contributed by atoms with van der Waals surface area (Å²) >= 11 is 1.32. The molecule has 0 atom stereocenters. The smallest absolute Gasteiger partial charge is 0.230 e. The van der Waals surface area contributed by atoms with Gasteiger partial charge in [-0.15, -0.1) is 21.6 Å². The number of hydrogen-bond donors (Lipinski definition) is 2. The fraction of sp³-hybridized carbons (Fsp3) is 0.0800. The highest BCUT2D eigenvalue weighted by atomic mass is 32.1. The van der Waals surface area contributed by atoms with Crippen LogP contribution < -0.4 is 0 Å². The van der Waals surface area contributed by atoms with Crippen molar-refractivity contribution in [2.24, 2.45) is 10.2 Å². The SMILES string of the molecule is Cc1ccc2c(c1)c(N=Nc1nc(-c3ccc(O)cc3)cs1)c(O)n2Cc1ccccc1F. The van der Waals surface area contributed by atoms with Gasteiger partial charge in [0.1, 0.15) is 11.6 Å². The van der Waals surface area contributed by atoms with Crippen molar-refractivity contribution in [2.75, 3.05) is 0 Å². The molecule has 0 saturated heterocycles. The van der Waals surface area contributed by atoms with Crippen LogP contribution in [0.15, 0.2) is 82.3 Å². The highest BCUT2D eigenvalue weighted by Crippen LogP contribution is 2.41. The van der Waals surface area contributed by atoms with Crippen molar-refractivity contribution in [1.82, 2.24) is 9.55 Å². The number of nitrogens with zero attached hydrogens (tertiary/aromatic N) is 4. The Morgan fingerprint density at radius 1 is 1.00 bits per heavy atom. The summed E-state index contributed by atoms with van der Waals surface area (Å²) in [4.78, 5) is 4.48. The molecule has 0 amide bonds. The van der Waals surface area contributed by atoms with Crippen molar-refractivity contribution in [3.8, 4) is 22.9 Å². The molecule has 5 rings (SSSR count). The molecule has 0 spiro atoms. The van der Waals surface area contributed by atoms with E-state index in [-0.39, 0.29) is 24.0 Å². The van der Waals surface area contributed by atoms with Crippen molar-refractivity contribution >= 4 is 33.1 Å². The molecule has 0 saturated carbocycles. The normalized spacial score (nSPS) is 11.6. The lowest BCUT2D eigenvalue weighted by Crippen LogP contribution is -2.01. The van der Waals surface area contributed by atoms with Crippen LogP contribution in [0.4, 0.5) is 15.2 Å². The zero-order chi connectivity index (χ0) is 22.9. The largest absolute Gasteiger partial charge is 0.508 e. The van der Waals surface area contributed by atoms with Crippen LogP contribution in [0.1, 0.15) is 11.1 Å². The molecule has 0 aliphatic heterocycles. The Balaban J connectivity index is 1.52. The Kier molecular flexibility index (Phi) is 5.35. The van der Waals surface area contributed by atoms with Crippen LogP contribution in [0.25, 0.3) is 22.2 Å². The topological polar surface area (TPSA) is 83.0 Å². The van der Waals surface area contributed by atoms with E-state index in [1.807, 2.05) is 30.5 Å². The van der Waals surface area contributed by atoms with Gasteiger partial charge >= 0.3 is 0 Å². The van der Waals surface area contributed by atoms with Gasteiger partial charge < -0.3 is 14.8 Å². The Hall–Kier alpha value is -4.04. The molecule has 3 aromatic carbocycles. The molecule has 164 valence electrons. The molecule has 33 heavy (non-hydrogen) atoms. The maximum atomic E-state index is 14.3. The lowest BCUT2D eigenvalue weighted by Gasteiger charge is -2.08. The van der Waals surface area contributed by atoms with Crippen LogP contribution in [0.5, 0.6) is 11.6 Å². The van der Waals surface area contributed by atoms with E-state index in [1.54, 1.807) is 47.0 Å². The van der Waals surface area contributed by atoms with Gasteiger partial charge in [0, 0.05) is 21.9 Å². The first kappa shape index (κ1) is 20.8. The first-order chi connectivity index (χ1) is 16.0. The summed E-state index contributed by atoms with van der Waals surface area (Å²) in [6.45, 7) is 2.12. The second-order valence-electron chi connectivity index (χ2n) is 7.63. The maximum absolute atomic E-state index is 14.3. The van der Waals surface area contributed by atoms with E-state index >= 15 is 0 Å². The summed E-state index contributed by atoms with van der Waals surface area (Å²) in [7, 11) is 0. The zero-order valence-corrected chi connectivity index (χ0v) is 18.4. The summed E-state index contributed by atoms with van der Waals surface area (Å²) in [6.07, 6.45) is 0. The number of azo groups is 1. The lowest BCUT2D eigenvalue weighted by molar-refractivity contribution is 0.428. The second-order valence-corrected chi connectivity index (χ2v) is 8.47. The lowest BCUT2D eigenvalue weighted by atomic mass is 10.1. The van der Waals surface area contributed by atoms with Gasteiger partial charge in [0.15, 0.2) is 5.69 Å². The predicted octanol–water partition coefficient (Wildman–Crippen LogP) is 7.09. The molecule has 2 heterocycles. The van der Waals surface area contributed by atoms with Gasteiger partial charge in [0.2, 0.25) is 11.0 Å². The standard InChI is InChI=1S/C25H19FN4O2S/c1-15-6-11-22-19(12-15)23(24(32)30(22)13-17-4-2-3-5-20(17)26)28-29-25-27-21(14-33-25)16-7-9-18(31)10-8-16/h2-12,14,31-32H,13H2,1H3. The zero-order valence-electron chi connectivity index (χ0n) is 17.6. The molecule has 0 radical (unpaired) electrons. The Bertz CT molecular complexity index is 1490. The van der Waals surface area contributed by atoms with Crippen LogP contribution in [-0.2, 0) is 6.54 Å². The number of halogens is 1. The molecule has 5 aromatic rings. The highest BCUT2D eigenvalue weighted by Gasteiger charge is 2.18. The van der Waals surface area contributed by atoms with Crippen molar-refractivity contribution in [3.63, 3.8) is 0 Å². The molecular weight excluding hydrogens is 439 g/mol. The summed E-state index contributed by atoms with van der Waals surface area (Å²) < 4.78 is 15.9. The number of aryl methyl sites for hydroxylation is 1. The number of fused-ring (bicyclic) bond motifs is 1. The number of aromatic nitrogens is 2. The molecule has 0 aliphatic rings. The van der Waals surface area contributed by atoms with Gasteiger partial charge in [-0.25, -0.2) is 9.37 Å². The summed E-state index contributed by atoms with van der Waals surface area (Å²) in [5.74, 6) is -0.233. The van der Waals surface area contributed by atoms with Crippen molar-refractivity contribution < 1.29 is 14.6 Å². The number of phenolic OH excluding ortho intramolecular Hbond substituents is 1. The maximum Gasteiger partial charge on any atom is 0.230 e. The Morgan fingerprint density at radius 2 is 1.79 bits per heavy atom. The van der Waals surface area contributed by atoms with Crippen LogP contribution in [0, 0.1) is 12.7 Å². The van der Waals surface area contributed by atoms with Gasteiger partial charge in [0.05, 0.1) is 17.8 Å².